The first-order valence-corrected chi connectivity index (χ1v) is 5.76. The van der Waals surface area contributed by atoms with E-state index in [0.717, 1.165) is 0 Å². The molecular weight excluding hydrogens is 269 g/mol. The summed E-state index contributed by atoms with van der Waals surface area (Å²) in [5, 5.41) is 2.51. The molecule has 6 heteroatoms. The van der Waals surface area contributed by atoms with Gasteiger partial charge in [-0.25, -0.2) is 4.39 Å². The van der Waals surface area contributed by atoms with Crippen molar-refractivity contribution in [1.82, 2.24) is 0 Å². The minimum atomic E-state index is -0.549. The topological polar surface area (TPSA) is 81.1 Å². The van der Waals surface area contributed by atoms with E-state index in [0.29, 0.717) is 11.4 Å². The number of nitrogens with two attached hydrogens (primary N) is 2. The summed E-state index contributed by atoms with van der Waals surface area (Å²) >= 11 is 5.63. The summed E-state index contributed by atoms with van der Waals surface area (Å²) in [7, 11) is 0. The lowest BCUT2D eigenvalue weighted by Gasteiger charge is -2.08. The Morgan fingerprint density at radius 3 is 2.53 bits per heavy atom. The fourth-order valence-corrected chi connectivity index (χ4v) is 1.74. The quantitative estimate of drug-likeness (QED) is 0.739. The fourth-order valence-electron chi connectivity index (χ4n) is 1.56. The van der Waals surface area contributed by atoms with Crippen LogP contribution in [0.4, 0.5) is 21.5 Å². The smallest absolute Gasteiger partial charge is 0.257 e. The van der Waals surface area contributed by atoms with Crippen LogP contribution in [0.1, 0.15) is 10.4 Å². The number of carbonyl (C=O) groups excluding carboxylic acids is 1. The van der Waals surface area contributed by atoms with E-state index in [4.69, 9.17) is 23.1 Å². The van der Waals surface area contributed by atoms with Crippen LogP contribution in [0.15, 0.2) is 36.4 Å². The maximum absolute atomic E-state index is 13.0. The van der Waals surface area contributed by atoms with Gasteiger partial charge >= 0.3 is 0 Å². The van der Waals surface area contributed by atoms with Gasteiger partial charge in [-0.05, 0) is 36.4 Å². The minimum absolute atomic E-state index is 0.0666. The van der Waals surface area contributed by atoms with Gasteiger partial charge in [0.15, 0.2) is 0 Å². The highest BCUT2D eigenvalue weighted by atomic mass is 35.5. The van der Waals surface area contributed by atoms with Crippen LogP contribution in [-0.2, 0) is 0 Å². The van der Waals surface area contributed by atoms with E-state index in [-0.39, 0.29) is 16.3 Å². The van der Waals surface area contributed by atoms with Gasteiger partial charge < -0.3 is 16.8 Å². The van der Waals surface area contributed by atoms with E-state index in [1.807, 2.05) is 0 Å². The number of nitrogen functional groups attached to an aromatic ring is 2. The molecule has 2 aromatic carbocycles. The first-order valence-electron chi connectivity index (χ1n) is 5.39. The number of hydrogen-bond acceptors (Lipinski definition) is 3. The lowest BCUT2D eigenvalue weighted by molar-refractivity contribution is 0.102. The monoisotopic (exact) mass is 279 g/mol. The average molecular weight is 280 g/mol. The molecule has 0 fully saturated rings. The minimum Gasteiger partial charge on any atom is -0.399 e. The fraction of sp³-hybridized carbons (Fsp3) is 0. The highest BCUT2D eigenvalue weighted by molar-refractivity contribution is 6.31. The molecular formula is C13H11ClFN3O. The van der Waals surface area contributed by atoms with Gasteiger partial charge in [0.05, 0.1) is 10.6 Å². The zero-order valence-corrected chi connectivity index (χ0v) is 10.5. The number of amides is 1. The number of hydrogen-bond donors (Lipinski definition) is 3. The van der Waals surface area contributed by atoms with Crippen LogP contribution in [0.3, 0.4) is 0 Å². The van der Waals surface area contributed by atoms with Crippen molar-refractivity contribution in [1.29, 1.82) is 0 Å². The van der Waals surface area contributed by atoms with Gasteiger partial charge in [-0.1, -0.05) is 11.6 Å². The van der Waals surface area contributed by atoms with Gasteiger partial charge in [-0.15, -0.1) is 0 Å². The van der Waals surface area contributed by atoms with Gasteiger partial charge in [0.2, 0.25) is 0 Å². The number of halogens is 2. The number of nitrogens with one attached hydrogen (secondary N) is 1. The predicted octanol–water partition coefficient (Wildman–Crippen LogP) is 2.90. The SMILES string of the molecule is Nc1ccc(C(=O)Nc2ccc(F)c(Cl)c2)c(N)c1. The Morgan fingerprint density at radius 2 is 1.89 bits per heavy atom. The molecule has 0 heterocycles. The van der Waals surface area contributed by atoms with Crippen molar-refractivity contribution in [2.45, 2.75) is 0 Å². The third kappa shape index (κ3) is 2.95. The zero-order chi connectivity index (χ0) is 14.0. The standard InChI is InChI=1S/C13H11ClFN3O/c14-10-6-8(2-4-11(10)15)18-13(19)9-3-1-7(16)5-12(9)17/h1-6H,16-17H2,(H,18,19). The third-order valence-corrected chi connectivity index (χ3v) is 2.79. The van der Waals surface area contributed by atoms with Crippen LogP contribution in [0.5, 0.6) is 0 Å². The molecule has 2 rings (SSSR count). The van der Waals surface area contributed by atoms with Crippen molar-refractivity contribution >= 4 is 34.6 Å². The summed E-state index contributed by atoms with van der Waals surface area (Å²) in [6, 6.07) is 8.49. The Balaban J connectivity index is 2.23. The molecule has 5 N–H and O–H groups in total. The van der Waals surface area contributed by atoms with Gasteiger partial charge in [0.1, 0.15) is 5.82 Å². The lowest BCUT2D eigenvalue weighted by atomic mass is 10.1. The average Bonchev–Trinajstić information content (AvgIpc) is 2.33. The molecule has 19 heavy (non-hydrogen) atoms. The molecule has 0 bridgehead atoms. The lowest BCUT2D eigenvalue weighted by Crippen LogP contribution is -2.14. The van der Waals surface area contributed by atoms with Gasteiger partial charge in [-0.2, -0.15) is 0 Å². The Morgan fingerprint density at radius 1 is 1.16 bits per heavy atom. The molecule has 0 radical (unpaired) electrons. The van der Waals surface area contributed by atoms with Gasteiger partial charge in [0.25, 0.3) is 5.91 Å². The van der Waals surface area contributed by atoms with Crippen molar-refractivity contribution in [2.24, 2.45) is 0 Å². The molecule has 0 aliphatic rings. The molecule has 0 saturated carbocycles. The van der Waals surface area contributed by atoms with Crippen LogP contribution < -0.4 is 16.8 Å². The second kappa shape index (κ2) is 5.16. The van der Waals surface area contributed by atoms with E-state index >= 15 is 0 Å². The van der Waals surface area contributed by atoms with E-state index in [2.05, 4.69) is 5.32 Å². The Bertz CT molecular complexity index is 646. The number of rotatable bonds is 2. The molecule has 0 aliphatic heterocycles. The number of carbonyl (C=O) groups is 1. The van der Waals surface area contributed by atoms with Crippen LogP contribution >= 0.6 is 11.6 Å². The number of benzene rings is 2. The largest absolute Gasteiger partial charge is 0.399 e. The number of anilines is 3. The molecule has 98 valence electrons. The Labute approximate surface area is 114 Å². The van der Waals surface area contributed by atoms with Gasteiger partial charge in [0, 0.05) is 17.1 Å². The van der Waals surface area contributed by atoms with E-state index in [1.165, 1.54) is 30.3 Å². The summed E-state index contributed by atoms with van der Waals surface area (Å²) in [5.41, 5.74) is 12.7. The molecule has 1 amide bonds. The molecule has 0 aromatic heterocycles. The molecule has 0 unspecified atom stereocenters. The van der Waals surface area contributed by atoms with E-state index < -0.39 is 11.7 Å². The van der Waals surface area contributed by atoms with Crippen molar-refractivity contribution in [3.05, 3.63) is 52.8 Å². The maximum atomic E-state index is 13.0. The molecule has 0 spiro atoms. The molecule has 2 aromatic rings. The van der Waals surface area contributed by atoms with Crippen molar-refractivity contribution < 1.29 is 9.18 Å². The summed E-state index contributed by atoms with van der Waals surface area (Å²) in [6.45, 7) is 0. The first kappa shape index (κ1) is 13.2. The highest BCUT2D eigenvalue weighted by Gasteiger charge is 2.11. The normalized spacial score (nSPS) is 10.2. The first-order chi connectivity index (χ1) is 8.97. The summed E-state index contributed by atoms with van der Waals surface area (Å²) in [6.07, 6.45) is 0. The van der Waals surface area contributed by atoms with Crippen LogP contribution in [0.25, 0.3) is 0 Å². The van der Waals surface area contributed by atoms with E-state index in [1.54, 1.807) is 6.07 Å². The molecule has 4 nitrogen and oxygen atoms in total. The van der Waals surface area contributed by atoms with Gasteiger partial charge in [-0.3, -0.25) is 4.79 Å². The summed E-state index contributed by atoms with van der Waals surface area (Å²) in [4.78, 5) is 12.0. The zero-order valence-electron chi connectivity index (χ0n) is 9.78. The molecule has 0 atom stereocenters. The predicted molar refractivity (Wildman–Crippen MR) is 74.6 cm³/mol. The molecule has 0 aliphatic carbocycles. The van der Waals surface area contributed by atoms with Crippen LogP contribution in [0.2, 0.25) is 5.02 Å². The molecule has 0 saturated heterocycles. The van der Waals surface area contributed by atoms with Crippen LogP contribution in [0, 0.1) is 5.82 Å². The van der Waals surface area contributed by atoms with E-state index in [9.17, 15) is 9.18 Å². The summed E-state index contributed by atoms with van der Waals surface area (Å²) in [5.74, 6) is -0.966. The maximum Gasteiger partial charge on any atom is 0.257 e. The third-order valence-electron chi connectivity index (χ3n) is 2.50. The highest BCUT2D eigenvalue weighted by Crippen LogP contribution is 2.21. The second-order valence-corrected chi connectivity index (χ2v) is 4.34. The van der Waals surface area contributed by atoms with Crippen molar-refractivity contribution in [2.75, 3.05) is 16.8 Å². The second-order valence-electron chi connectivity index (χ2n) is 3.93. The van der Waals surface area contributed by atoms with Crippen molar-refractivity contribution in [3.63, 3.8) is 0 Å². The summed E-state index contributed by atoms with van der Waals surface area (Å²) < 4.78 is 13.0. The Kier molecular flexibility index (Phi) is 3.57. The van der Waals surface area contributed by atoms with Crippen LogP contribution in [-0.4, -0.2) is 5.91 Å². The Hall–Kier alpha value is -2.27. The van der Waals surface area contributed by atoms with Crippen molar-refractivity contribution in [3.8, 4) is 0 Å².